The van der Waals surface area contributed by atoms with E-state index in [4.69, 9.17) is 4.99 Å². The van der Waals surface area contributed by atoms with E-state index in [9.17, 15) is 9.59 Å². The van der Waals surface area contributed by atoms with Gasteiger partial charge in [0, 0.05) is 32.4 Å². The van der Waals surface area contributed by atoms with Crippen molar-refractivity contribution in [1.29, 1.82) is 0 Å². The number of anilines is 2. The largest absolute Gasteiger partial charge is 0.378 e. The van der Waals surface area contributed by atoms with Gasteiger partial charge in [-0.15, -0.1) is 0 Å². The zero-order valence-corrected chi connectivity index (χ0v) is 20.7. The predicted octanol–water partition coefficient (Wildman–Crippen LogP) is 4.38. The molecular formula is C29H27N5O2. The minimum absolute atomic E-state index is 0.278. The molecule has 0 saturated carbocycles. The third-order valence-corrected chi connectivity index (χ3v) is 6.35. The Morgan fingerprint density at radius 2 is 1.44 bits per heavy atom. The number of aromatic nitrogens is 2. The van der Waals surface area contributed by atoms with E-state index in [0.717, 1.165) is 22.5 Å². The van der Waals surface area contributed by atoms with Crippen LogP contribution in [0.2, 0.25) is 0 Å². The highest BCUT2D eigenvalue weighted by atomic mass is 16.2. The number of carbonyl (C=O) groups excluding carboxylic acids is 1. The molecule has 1 aliphatic rings. The summed E-state index contributed by atoms with van der Waals surface area (Å²) < 4.78 is 3.34. The average Bonchev–Trinajstić information content (AvgIpc) is 3.32. The van der Waals surface area contributed by atoms with Crippen LogP contribution in [-0.2, 0) is 11.8 Å². The first kappa shape index (κ1) is 23.1. The predicted molar refractivity (Wildman–Crippen MR) is 145 cm³/mol. The van der Waals surface area contributed by atoms with Crippen LogP contribution in [0.1, 0.15) is 16.8 Å². The van der Waals surface area contributed by atoms with E-state index < -0.39 is 0 Å². The van der Waals surface area contributed by atoms with Crippen LogP contribution in [0.5, 0.6) is 0 Å². The number of para-hydroxylation sites is 1. The van der Waals surface area contributed by atoms with Gasteiger partial charge in [0.25, 0.3) is 11.5 Å². The lowest BCUT2D eigenvalue weighted by Crippen LogP contribution is -2.36. The number of hydrogen-bond donors (Lipinski definition) is 0. The van der Waals surface area contributed by atoms with E-state index in [2.05, 4.69) is 0 Å². The number of amides is 1. The Morgan fingerprint density at radius 3 is 2.06 bits per heavy atom. The molecule has 0 spiro atoms. The van der Waals surface area contributed by atoms with Crippen LogP contribution in [0.15, 0.2) is 100 Å². The molecule has 2 heterocycles. The van der Waals surface area contributed by atoms with Gasteiger partial charge in [-0.25, -0.2) is 9.67 Å². The Kier molecular flexibility index (Phi) is 5.90. The van der Waals surface area contributed by atoms with E-state index in [1.165, 1.54) is 4.90 Å². The lowest BCUT2D eigenvalue weighted by atomic mass is 10.1. The van der Waals surface area contributed by atoms with E-state index in [1.54, 1.807) is 15.4 Å². The van der Waals surface area contributed by atoms with Crippen LogP contribution in [0, 0.1) is 6.92 Å². The number of hydrogen-bond acceptors (Lipinski definition) is 4. The summed E-state index contributed by atoms with van der Waals surface area (Å²) in [5, 5.41) is 0. The maximum absolute atomic E-state index is 13.8. The summed E-state index contributed by atoms with van der Waals surface area (Å²) >= 11 is 0. The van der Waals surface area contributed by atoms with Gasteiger partial charge in [-0.2, -0.15) is 0 Å². The van der Waals surface area contributed by atoms with Crippen LogP contribution >= 0.6 is 0 Å². The molecule has 5 rings (SSSR count). The third kappa shape index (κ3) is 3.94. The second-order valence-electron chi connectivity index (χ2n) is 8.87. The van der Waals surface area contributed by atoms with Crippen molar-refractivity contribution in [2.45, 2.75) is 6.92 Å². The van der Waals surface area contributed by atoms with Crippen molar-refractivity contribution in [1.82, 2.24) is 9.36 Å². The topological polar surface area (TPSA) is 62.8 Å². The van der Waals surface area contributed by atoms with Gasteiger partial charge in [0.2, 0.25) is 0 Å². The molecule has 0 atom stereocenters. The first-order valence-corrected chi connectivity index (χ1v) is 11.7. The van der Waals surface area contributed by atoms with Gasteiger partial charge in [-0.05, 0) is 42.8 Å². The van der Waals surface area contributed by atoms with Gasteiger partial charge in [0.15, 0.2) is 0 Å². The molecule has 180 valence electrons. The van der Waals surface area contributed by atoms with Crippen molar-refractivity contribution in [3.05, 3.63) is 118 Å². The van der Waals surface area contributed by atoms with Gasteiger partial charge < -0.3 is 4.90 Å². The maximum Gasteiger partial charge on any atom is 0.296 e. The fraction of sp³-hybridized carbons (Fsp3) is 0.138. The standard InChI is InChI=1S/C29H27N5O2/c1-20-26(29(36)34(32(20)4)24-13-9-6-10-14-24)33-27(22-11-7-5-8-12-22)30-25(28(33)35)19-21-15-17-23(18-16-21)31(2)3/h5-19H,1-4H3/b25-19+. The molecule has 1 amide bonds. The van der Waals surface area contributed by atoms with Crippen LogP contribution in [0.4, 0.5) is 11.4 Å². The molecule has 0 N–H and O–H groups in total. The normalized spacial score (nSPS) is 14.4. The molecule has 3 aromatic carbocycles. The Hall–Kier alpha value is -4.65. The highest BCUT2D eigenvalue weighted by Crippen LogP contribution is 2.29. The van der Waals surface area contributed by atoms with Crippen molar-refractivity contribution in [2.75, 3.05) is 23.9 Å². The van der Waals surface area contributed by atoms with Crippen molar-refractivity contribution in [3.8, 4) is 5.69 Å². The maximum atomic E-state index is 13.8. The molecule has 0 fully saturated rings. The average molecular weight is 478 g/mol. The van der Waals surface area contributed by atoms with E-state index >= 15 is 0 Å². The van der Waals surface area contributed by atoms with Crippen molar-refractivity contribution >= 4 is 29.2 Å². The summed E-state index contributed by atoms with van der Waals surface area (Å²) in [5.74, 6) is 0.0966. The van der Waals surface area contributed by atoms with Gasteiger partial charge in [-0.1, -0.05) is 60.7 Å². The number of rotatable bonds is 5. The highest BCUT2D eigenvalue weighted by molar-refractivity contribution is 6.33. The smallest absolute Gasteiger partial charge is 0.296 e. The Morgan fingerprint density at radius 1 is 0.833 bits per heavy atom. The minimum atomic E-state index is -0.337. The zero-order chi connectivity index (χ0) is 25.4. The zero-order valence-electron chi connectivity index (χ0n) is 20.7. The van der Waals surface area contributed by atoms with Crippen molar-refractivity contribution in [3.63, 3.8) is 0 Å². The summed E-state index contributed by atoms with van der Waals surface area (Å²) in [5.41, 5.74) is 4.35. The first-order valence-electron chi connectivity index (χ1n) is 11.7. The van der Waals surface area contributed by atoms with E-state index in [1.807, 2.05) is 118 Å². The molecule has 7 heteroatoms. The molecule has 7 nitrogen and oxygen atoms in total. The molecular weight excluding hydrogens is 450 g/mol. The lowest BCUT2D eigenvalue weighted by molar-refractivity contribution is -0.113. The molecule has 0 unspecified atom stereocenters. The monoisotopic (exact) mass is 477 g/mol. The van der Waals surface area contributed by atoms with Gasteiger partial charge >= 0.3 is 0 Å². The molecule has 1 aromatic heterocycles. The third-order valence-electron chi connectivity index (χ3n) is 6.35. The van der Waals surface area contributed by atoms with Crippen LogP contribution in [0.25, 0.3) is 11.8 Å². The first-order chi connectivity index (χ1) is 17.4. The molecule has 0 radical (unpaired) electrons. The van der Waals surface area contributed by atoms with Crippen molar-refractivity contribution < 1.29 is 4.79 Å². The Bertz CT molecular complexity index is 1540. The molecule has 1 aliphatic heterocycles. The summed E-state index contributed by atoms with van der Waals surface area (Å²) in [7, 11) is 5.77. The number of carbonyl (C=O) groups is 1. The van der Waals surface area contributed by atoms with Gasteiger partial charge in [-0.3, -0.25) is 19.2 Å². The molecule has 4 aromatic rings. The van der Waals surface area contributed by atoms with Crippen LogP contribution < -0.4 is 15.4 Å². The molecule has 36 heavy (non-hydrogen) atoms. The fourth-order valence-electron chi connectivity index (χ4n) is 4.34. The minimum Gasteiger partial charge on any atom is -0.378 e. The summed E-state index contributed by atoms with van der Waals surface area (Å²) in [4.78, 5) is 35.8. The quantitative estimate of drug-likeness (QED) is 0.401. The second kappa shape index (κ2) is 9.19. The highest BCUT2D eigenvalue weighted by Gasteiger charge is 2.37. The molecule has 0 bridgehead atoms. The summed E-state index contributed by atoms with van der Waals surface area (Å²) in [6.45, 7) is 1.84. The number of benzene rings is 3. The van der Waals surface area contributed by atoms with Gasteiger partial charge in [0.1, 0.15) is 17.2 Å². The Balaban J connectivity index is 1.65. The SMILES string of the molecule is Cc1c(N2C(=O)/C(=C\c3ccc(N(C)C)cc3)N=C2c2ccccc2)c(=O)n(-c2ccccc2)n1C. The molecule has 0 aliphatic carbocycles. The van der Waals surface area contributed by atoms with Gasteiger partial charge in [0.05, 0.1) is 11.4 Å². The number of nitrogens with zero attached hydrogens (tertiary/aromatic N) is 5. The van der Waals surface area contributed by atoms with E-state index in [0.29, 0.717) is 17.2 Å². The number of aliphatic imine (C=N–C) groups is 1. The van der Waals surface area contributed by atoms with Crippen molar-refractivity contribution in [2.24, 2.45) is 12.0 Å². The molecule has 0 saturated heterocycles. The van der Waals surface area contributed by atoms with E-state index in [-0.39, 0.29) is 17.2 Å². The number of amidine groups is 1. The summed E-state index contributed by atoms with van der Waals surface area (Å²) in [6, 6.07) is 26.7. The van der Waals surface area contributed by atoms with Crippen LogP contribution in [-0.4, -0.2) is 35.2 Å². The second-order valence-corrected chi connectivity index (χ2v) is 8.87. The lowest BCUT2D eigenvalue weighted by Gasteiger charge is -2.17. The summed E-state index contributed by atoms with van der Waals surface area (Å²) in [6.07, 6.45) is 1.76. The fourth-order valence-corrected chi connectivity index (χ4v) is 4.34. The Labute approximate surface area is 209 Å². The van der Waals surface area contributed by atoms with Crippen LogP contribution in [0.3, 0.4) is 0 Å².